The minimum atomic E-state index is -0.214. The molecule has 0 aliphatic carbocycles. The molecule has 3 N–H and O–H groups in total. The molecule has 0 radical (unpaired) electrons. The van der Waals surface area contributed by atoms with E-state index in [4.69, 9.17) is 5.73 Å². The predicted octanol–water partition coefficient (Wildman–Crippen LogP) is 0.198. The molecule has 0 aliphatic rings. The molecule has 1 heterocycles. The Labute approximate surface area is 76.6 Å². The number of rotatable bonds is 3. The van der Waals surface area contributed by atoms with Crippen LogP contribution < -0.4 is 16.2 Å². The van der Waals surface area contributed by atoms with Gasteiger partial charge in [0.2, 0.25) is 5.95 Å². The number of H-pyrrole nitrogens is 1. The van der Waals surface area contributed by atoms with Gasteiger partial charge < -0.3 is 10.6 Å². The minimum Gasteiger partial charge on any atom is -0.369 e. The van der Waals surface area contributed by atoms with E-state index in [0.29, 0.717) is 5.82 Å². The highest BCUT2D eigenvalue weighted by Crippen LogP contribution is 2.06. The molecule has 13 heavy (non-hydrogen) atoms. The van der Waals surface area contributed by atoms with Crippen molar-refractivity contribution < 1.29 is 0 Å². The van der Waals surface area contributed by atoms with Gasteiger partial charge in [-0.05, 0) is 13.8 Å². The zero-order valence-corrected chi connectivity index (χ0v) is 7.87. The Bertz CT molecular complexity index is 329. The lowest BCUT2D eigenvalue weighted by molar-refractivity contribution is 0.841. The summed E-state index contributed by atoms with van der Waals surface area (Å²) >= 11 is 0. The molecule has 0 aliphatic heterocycles. The standard InChI is InChI=1S/C8H14N4O/c1-3-12(4-2)6-5-7(13)11-8(9)10-6/h5H,3-4H2,1-2H3,(H3,9,10,11,13). The van der Waals surface area contributed by atoms with Crippen LogP contribution in [0.25, 0.3) is 0 Å². The fourth-order valence-corrected chi connectivity index (χ4v) is 1.17. The second-order valence-corrected chi connectivity index (χ2v) is 2.66. The van der Waals surface area contributed by atoms with Crippen molar-refractivity contribution in [2.24, 2.45) is 0 Å². The number of nitrogens with two attached hydrogens (primary N) is 1. The quantitative estimate of drug-likeness (QED) is 0.700. The summed E-state index contributed by atoms with van der Waals surface area (Å²) < 4.78 is 0. The molecule has 0 fully saturated rings. The summed E-state index contributed by atoms with van der Waals surface area (Å²) in [5.41, 5.74) is 5.20. The number of nitrogens with one attached hydrogen (secondary N) is 1. The fourth-order valence-electron chi connectivity index (χ4n) is 1.17. The Hall–Kier alpha value is -1.52. The van der Waals surface area contributed by atoms with Crippen LogP contribution in [0.15, 0.2) is 10.9 Å². The van der Waals surface area contributed by atoms with Crippen LogP contribution in [0.1, 0.15) is 13.8 Å². The van der Waals surface area contributed by atoms with Crippen LogP contribution in [0.2, 0.25) is 0 Å². The summed E-state index contributed by atoms with van der Waals surface area (Å²) in [5, 5.41) is 0. The van der Waals surface area contributed by atoms with Crippen molar-refractivity contribution in [3.05, 3.63) is 16.4 Å². The van der Waals surface area contributed by atoms with Crippen LogP contribution in [-0.2, 0) is 0 Å². The van der Waals surface area contributed by atoms with E-state index in [1.165, 1.54) is 6.07 Å². The maximum absolute atomic E-state index is 11.0. The zero-order valence-electron chi connectivity index (χ0n) is 7.87. The van der Waals surface area contributed by atoms with E-state index < -0.39 is 0 Å². The lowest BCUT2D eigenvalue weighted by atomic mass is 10.4. The molecule has 0 saturated carbocycles. The molecule has 0 saturated heterocycles. The second kappa shape index (κ2) is 3.93. The van der Waals surface area contributed by atoms with Gasteiger partial charge in [-0.3, -0.25) is 9.78 Å². The molecule has 5 heteroatoms. The fraction of sp³-hybridized carbons (Fsp3) is 0.500. The molecule has 5 nitrogen and oxygen atoms in total. The molecule has 1 aromatic rings. The molecule has 0 atom stereocenters. The highest BCUT2D eigenvalue weighted by molar-refractivity contribution is 5.40. The van der Waals surface area contributed by atoms with Gasteiger partial charge in [-0.15, -0.1) is 0 Å². The molecular formula is C8H14N4O. The summed E-state index contributed by atoms with van der Waals surface area (Å²) in [6.07, 6.45) is 0. The van der Waals surface area contributed by atoms with Gasteiger partial charge in [-0.1, -0.05) is 0 Å². The zero-order chi connectivity index (χ0) is 9.84. The molecule has 0 amide bonds. The topological polar surface area (TPSA) is 75.0 Å². The lowest BCUT2D eigenvalue weighted by Crippen LogP contribution is -2.25. The third-order valence-electron chi connectivity index (χ3n) is 1.83. The van der Waals surface area contributed by atoms with Gasteiger partial charge in [0.05, 0.1) is 0 Å². The maximum Gasteiger partial charge on any atom is 0.254 e. The minimum absolute atomic E-state index is 0.161. The van der Waals surface area contributed by atoms with Crippen molar-refractivity contribution in [1.82, 2.24) is 9.97 Å². The smallest absolute Gasteiger partial charge is 0.254 e. The number of nitrogen functional groups attached to an aromatic ring is 1. The predicted molar refractivity (Wildman–Crippen MR) is 52.8 cm³/mol. The normalized spacial score (nSPS) is 10.0. The van der Waals surface area contributed by atoms with E-state index in [1.807, 2.05) is 18.7 Å². The third-order valence-corrected chi connectivity index (χ3v) is 1.83. The number of hydrogen-bond acceptors (Lipinski definition) is 4. The third kappa shape index (κ3) is 2.21. The van der Waals surface area contributed by atoms with E-state index in [2.05, 4.69) is 9.97 Å². The van der Waals surface area contributed by atoms with Crippen LogP contribution in [0.3, 0.4) is 0 Å². The molecular weight excluding hydrogens is 168 g/mol. The van der Waals surface area contributed by atoms with Gasteiger partial charge in [0.25, 0.3) is 5.56 Å². The molecule has 72 valence electrons. The molecule has 0 bridgehead atoms. The summed E-state index contributed by atoms with van der Waals surface area (Å²) in [7, 11) is 0. The Morgan fingerprint density at radius 2 is 2.15 bits per heavy atom. The van der Waals surface area contributed by atoms with Crippen molar-refractivity contribution in [3.63, 3.8) is 0 Å². The van der Waals surface area contributed by atoms with Gasteiger partial charge >= 0.3 is 0 Å². The van der Waals surface area contributed by atoms with Crippen molar-refractivity contribution in [3.8, 4) is 0 Å². The first-order chi connectivity index (χ1) is 6.17. The summed E-state index contributed by atoms with van der Waals surface area (Å²) in [4.78, 5) is 19.4. The van der Waals surface area contributed by atoms with Gasteiger partial charge in [-0.2, -0.15) is 4.98 Å². The first-order valence-corrected chi connectivity index (χ1v) is 4.29. The summed E-state index contributed by atoms with van der Waals surface area (Å²) in [6, 6.07) is 1.45. The second-order valence-electron chi connectivity index (χ2n) is 2.66. The van der Waals surface area contributed by atoms with Crippen molar-refractivity contribution >= 4 is 11.8 Å². The summed E-state index contributed by atoms with van der Waals surface area (Å²) in [5.74, 6) is 0.792. The Morgan fingerprint density at radius 1 is 1.54 bits per heavy atom. The van der Waals surface area contributed by atoms with Gasteiger partial charge in [0, 0.05) is 19.2 Å². The monoisotopic (exact) mass is 182 g/mol. The SMILES string of the molecule is CCN(CC)c1cc(=O)[nH]c(N)n1. The molecule has 0 spiro atoms. The van der Waals surface area contributed by atoms with Crippen molar-refractivity contribution in [1.29, 1.82) is 0 Å². The number of nitrogens with zero attached hydrogens (tertiary/aromatic N) is 2. The number of aromatic amines is 1. The molecule has 0 unspecified atom stereocenters. The van der Waals surface area contributed by atoms with Crippen molar-refractivity contribution in [2.45, 2.75) is 13.8 Å². The van der Waals surface area contributed by atoms with Crippen LogP contribution in [-0.4, -0.2) is 23.1 Å². The maximum atomic E-state index is 11.0. The molecule has 1 aromatic heterocycles. The Balaban J connectivity index is 3.06. The van der Waals surface area contributed by atoms with Crippen LogP contribution in [0.5, 0.6) is 0 Å². The molecule has 0 aromatic carbocycles. The van der Waals surface area contributed by atoms with Gasteiger partial charge in [0.15, 0.2) is 0 Å². The number of aromatic nitrogens is 2. The van der Waals surface area contributed by atoms with E-state index >= 15 is 0 Å². The summed E-state index contributed by atoms with van der Waals surface area (Å²) in [6.45, 7) is 5.63. The van der Waals surface area contributed by atoms with E-state index in [9.17, 15) is 4.79 Å². The van der Waals surface area contributed by atoms with Crippen LogP contribution in [0, 0.1) is 0 Å². The molecule has 1 rings (SSSR count). The van der Waals surface area contributed by atoms with E-state index in [0.717, 1.165) is 13.1 Å². The lowest BCUT2D eigenvalue weighted by Gasteiger charge is -2.18. The van der Waals surface area contributed by atoms with E-state index in [-0.39, 0.29) is 11.5 Å². The Kier molecular flexibility index (Phi) is 2.89. The highest BCUT2D eigenvalue weighted by Gasteiger charge is 2.04. The first-order valence-electron chi connectivity index (χ1n) is 4.29. The van der Waals surface area contributed by atoms with Crippen molar-refractivity contribution in [2.75, 3.05) is 23.7 Å². The average molecular weight is 182 g/mol. The number of anilines is 2. The largest absolute Gasteiger partial charge is 0.369 e. The first kappa shape index (κ1) is 9.57. The number of hydrogen-bond donors (Lipinski definition) is 2. The van der Waals surface area contributed by atoms with E-state index in [1.54, 1.807) is 0 Å². The van der Waals surface area contributed by atoms with Gasteiger partial charge in [-0.25, -0.2) is 0 Å². The average Bonchev–Trinajstić information content (AvgIpc) is 2.04. The van der Waals surface area contributed by atoms with Gasteiger partial charge in [0.1, 0.15) is 5.82 Å². The Morgan fingerprint density at radius 3 is 2.62 bits per heavy atom. The van der Waals surface area contributed by atoms with Crippen LogP contribution in [0.4, 0.5) is 11.8 Å². The highest BCUT2D eigenvalue weighted by atomic mass is 16.1. The van der Waals surface area contributed by atoms with Crippen LogP contribution >= 0.6 is 0 Å².